The average Bonchev–Trinajstić information content (AvgIpc) is 3.44. The van der Waals surface area contributed by atoms with Crippen LogP contribution in [0.5, 0.6) is 0 Å². The van der Waals surface area contributed by atoms with E-state index in [1.165, 1.54) is 0 Å². The Morgan fingerprint density at radius 1 is 1.16 bits per heavy atom. The second-order valence-electron chi connectivity index (χ2n) is 6.82. The predicted octanol–water partition coefficient (Wildman–Crippen LogP) is 3.02. The van der Waals surface area contributed by atoms with Crippen LogP contribution >= 0.6 is 11.6 Å². The highest BCUT2D eigenvalue weighted by atomic mass is 35.5. The highest BCUT2D eigenvalue weighted by Gasteiger charge is 2.24. The number of carbonyl (C=O) groups is 2. The third kappa shape index (κ3) is 3.83. The van der Waals surface area contributed by atoms with Crippen molar-refractivity contribution in [3.8, 4) is 0 Å². The number of hydrogen-bond acceptors (Lipinski definition) is 7. The van der Waals surface area contributed by atoms with Crippen molar-refractivity contribution in [2.24, 2.45) is 0 Å². The van der Waals surface area contributed by atoms with Crippen LogP contribution in [0.3, 0.4) is 0 Å². The van der Waals surface area contributed by atoms with Crippen LogP contribution in [0.4, 0.5) is 23.1 Å². The molecule has 2 amide bonds. The van der Waals surface area contributed by atoms with Crippen LogP contribution < -0.4 is 16.0 Å². The van der Waals surface area contributed by atoms with Gasteiger partial charge in [0.2, 0.25) is 5.91 Å². The molecule has 3 aromatic heterocycles. The van der Waals surface area contributed by atoms with Gasteiger partial charge in [0.25, 0.3) is 5.91 Å². The van der Waals surface area contributed by atoms with Crippen LogP contribution in [0.2, 0.25) is 5.02 Å². The molecule has 1 aliphatic heterocycles. The second-order valence-corrected chi connectivity index (χ2v) is 7.25. The molecule has 5 rings (SSSR count). The Morgan fingerprint density at radius 2 is 2.06 bits per heavy atom. The summed E-state index contributed by atoms with van der Waals surface area (Å²) in [6.07, 6.45) is 4.86. The van der Waals surface area contributed by atoms with Gasteiger partial charge >= 0.3 is 0 Å². The third-order valence-electron chi connectivity index (χ3n) is 4.58. The smallest absolute Gasteiger partial charge is 0.254 e. The Bertz CT molecular complexity index is 1340. The molecule has 1 saturated heterocycles. The first-order valence-electron chi connectivity index (χ1n) is 9.28. The summed E-state index contributed by atoms with van der Waals surface area (Å²) in [6.45, 7) is 0. The van der Waals surface area contributed by atoms with E-state index in [1.807, 2.05) is 12.1 Å². The number of hydrogen-bond donors (Lipinski definition) is 4. The lowest BCUT2D eigenvalue weighted by molar-refractivity contribution is -0.124. The highest BCUT2D eigenvalue weighted by molar-refractivity contribution is 6.30. The standard InChI is InChI=1S/C20H15ClN8O2/c21-13-2-1-3-14(8-13)24-16-9-17(25-15-4-5-22-28-15)29-19(26-16)12(10-23-29)6-11-7-18(30)27-20(11)31/h1-6,8-10H,7H2,(H,24,26)(H2,22,25,28)(H,27,30,31)/b11-6+. The number of aromatic nitrogens is 5. The molecule has 0 aliphatic carbocycles. The van der Waals surface area contributed by atoms with Crippen LogP contribution in [-0.2, 0) is 9.59 Å². The number of halogens is 1. The van der Waals surface area contributed by atoms with Gasteiger partial charge in [-0.1, -0.05) is 17.7 Å². The van der Waals surface area contributed by atoms with Crippen molar-refractivity contribution >= 4 is 58.3 Å². The van der Waals surface area contributed by atoms with Crippen molar-refractivity contribution in [2.75, 3.05) is 10.6 Å². The summed E-state index contributed by atoms with van der Waals surface area (Å²) < 4.78 is 1.60. The molecule has 0 spiro atoms. The zero-order chi connectivity index (χ0) is 21.4. The zero-order valence-electron chi connectivity index (χ0n) is 15.9. The quantitative estimate of drug-likeness (QED) is 0.280. The number of nitrogens with one attached hydrogen (secondary N) is 4. The molecule has 0 saturated carbocycles. The fourth-order valence-electron chi connectivity index (χ4n) is 3.22. The van der Waals surface area contributed by atoms with E-state index in [0.29, 0.717) is 39.3 Å². The lowest BCUT2D eigenvalue weighted by Gasteiger charge is -2.11. The minimum Gasteiger partial charge on any atom is -0.340 e. The van der Waals surface area contributed by atoms with E-state index in [2.05, 4.69) is 36.2 Å². The van der Waals surface area contributed by atoms with Crippen molar-refractivity contribution in [3.05, 3.63) is 65.0 Å². The van der Waals surface area contributed by atoms with E-state index in [4.69, 9.17) is 11.6 Å². The number of H-pyrrole nitrogens is 1. The van der Waals surface area contributed by atoms with E-state index in [1.54, 1.807) is 47.3 Å². The number of rotatable bonds is 5. The molecule has 11 heteroatoms. The maximum absolute atomic E-state index is 12.0. The van der Waals surface area contributed by atoms with Crippen LogP contribution in [0, 0.1) is 0 Å². The van der Waals surface area contributed by atoms with Crippen LogP contribution in [-0.4, -0.2) is 36.6 Å². The molecule has 154 valence electrons. The summed E-state index contributed by atoms with van der Waals surface area (Å²) >= 11 is 6.09. The van der Waals surface area contributed by atoms with Gasteiger partial charge in [-0.2, -0.15) is 14.7 Å². The minimum absolute atomic E-state index is 0.0237. The molecular formula is C20H15ClN8O2. The molecule has 1 aliphatic rings. The molecule has 1 fully saturated rings. The summed E-state index contributed by atoms with van der Waals surface area (Å²) in [5.74, 6) is 1.07. The van der Waals surface area contributed by atoms with Gasteiger partial charge in [-0.3, -0.25) is 20.0 Å². The minimum atomic E-state index is -0.409. The SMILES string of the molecule is O=C1C/C(=C\c2cnn3c(Nc4ccn[nH]4)cc(Nc4cccc(Cl)c4)nc23)C(=O)N1. The average molecular weight is 435 g/mol. The van der Waals surface area contributed by atoms with E-state index < -0.39 is 5.91 Å². The number of benzene rings is 1. The summed E-state index contributed by atoms with van der Waals surface area (Å²) in [5.41, 5.74) is 2.21. The molecule has 0 unspecified atom stereocenters. The van der Waals surface area contributed by atoms with E-state index >= 15 is 0 Å². The fraction of sp³-hybridized carbons (Fsp3) is 0.0500. The van der Waals surface area contributed by atoms with Gasteiger partial charge in [0.1, 0.15) is 17.5 Å². The van der Waals surface area contributed by atoms with Crippen molar-refractivity contribution < 1.29 is 9.59 Å². The molecule has 0 atom stereocenters. The molecule has 4 aromatic rings. The van der Waals surface area contributed by atoms with Crippen LogP contribution in [0.1, 0.15) is 12.0 Å². The third-order valence-corrected chi connectivity index (χ3v) is 4.82. The summed E-state index contributed by atoms with van der Waals surface area (Å²) in [6, 6.07) is 10.8. The van der Waals surface area contributed by atoms with Crippen molar-refractivity contribution in [2.45, 2.75) is 6.42 Å². The Hall–Kier alpha value is -4.18. The number of carbonyl (C=O) groups excluding carboxylic acids is 2. The number of anilines is 4. The van der Waals surface area contributed by atoms with Gasteiger partial charge < -0.3 is 10.6 Å². The van der Waals surface area contributed by atoms with Crippen molar-refractivity contribution in [1.29, 1.82) is 0 Å². The largest absolute Gasteiger partial charge is 0.340 e. The van der Waals surface area contributed by atoms with Crippen LogP contribution in [0.25, 0.3) is 11.7 Å². The lowest BCUT2D eigenvalue weighted by Crippen LogP contribution is -2.19. The number of fused-ring (bicyclic) bond motifs is 1. The summed E-state index contributed by atoms with van der Waals surface area (Å²) in [7, 11) is 0. The van der Waals surface area contributed by atoms with E-state index in [0.717, 1.165) is 5.69 Å². The Balaban J connectivity index is 1.60. The predicted molar refractivity (Wildman–Crippen MR) is 115 cm³/mol. The monoisotopic (exact) mass is 434 g/mol. The molecule has 4 heterocycles. The summed E-state index contributed by atoms with van der Waals surface area (Å²) in [5, 5.41) is 20.5. The molecule has 10 nitrogen and oxygen atoms in total. The molecule has 1 aromatic carbocycles. The normalized spacial score (nSPS) is 14.9. The number of imide groups is 1. The van der Waals surface area contributed by atoms with Crippen molar-refractivity contribution in [3.63, 3.8) is 0 Å². The Morgan fingerprint density at radius 3 is 2.81 bits per heavy atom. The highest BCUT2D eigenvalue weighted by Crippen LogP contribution is 2.26. The van der Waals surface area contributed by atoms with Crippen LogP contribution in [0.15, 0.2) is 54.4 Å². The van der Waals surface area contributed by atoms with Gasteiger partial charge in [0.15, 0.2) is 5.65 Å². The van der Waals surface area contributed by atoms with Gasteiger partial charge in [-0.15, -0.1) is 0 Å². The maximum atomic E-state index is 12.0. The first-order chi connectivity index (χ1) is 15.0. The second kappa shape index (κ2) is 7.58. The topological polar surface area (TPSA) is 129 Å². The molecule has 0 bridgehead atoms. The lowest BCUT2D eigenvalue weighted by atomic mass is 10.1. The molecule has 31 heavy (non-hydrogen) atoms. The number of amides is 2. The Labute approximate surface area is 180 Å². The molecule has 4 N–H and O–H groups in total. The first-order valence-corrected chi connectivity index (χ1v) is 9.65. The Kier molecular flexibility index (Phi) is 4.60. The van der Waals surface area contributed by atoms with Gasteiger partial charge in [-0.25, -0.2) is 4.98 Å². The van der Waals surface area contributed by atoms with E-state index in [9.17, 15) is 9.59 Å². The molecular weight excluding hydrogens is 420 g/mol. The number of nitrogens with zero attached hydrogens (tertiary/aromatic N) is 4. The molecule has 0 radical (unpaired) electrons. The van der Waals surface area contributed by atoms with Gasteiger partial charge in [-0.05, 0) is 24.3 Å². The van der Waals surface area contributed by atoms with Gasteiger partial charge in [0.05, 0.1) is 18.8 Å². The van der Waals surface area contributed by atoms with Gasteiger partial charge in [0, 0.05) is 34.0 Å². The van der Waals surface area contributed by atoms with E-state index in [-0.39, 0.29) is 12.3 Å². The zero-order valence-corrected chi connectivity index (χ0v) is 16.6. The first kappa shape index (κ1) is 18.8. The number of aromatic amines is 1. The van der Waals surface area contributed by atoms with Crippen molar-refractivity contribution in [1.82, 2.24) is 30.1 Å². The summed E-state index contributed by atoms with van der Waals surface area (Å²) in [4.78, 5) is 28.1. The maximum Gasteiger partial charge on any atom is 0.254 e. The fourth-order valence-corrected chi connectivity index (χ4v) is 3.41.